The van der Waals surface area contributed by atoms with E-state index in [1.165, 1.54) is 38.5 Å². The molecule has 0 bridgehead atoms. The van der Waals surface area contributed by atoms with Crippen molar-refractivity contribution in [1.29, 1.82) is 0 Å². The molecule has 0 aliphatic heterocycles. The highest BCUT2D eigenvalue weighted by Crippen LogP contribution is 2.43. The Morgan fingerprint density at radius 1 is 0.690 bits per heavy atom. The van der Waals surface area contributed by atoms with Gasteiger partial charge in [-0.1, -0.05) is 92.9 Å². The molecular weight excluding hydrogens is 532 g/mol. The van der Waals surface area contributed by atoms with Crippen LogP contribution in [0.2, 0.25) is 0 Å². The van der Waals surface area contributed by atoms with Crippen molar-refractivity contribution in [2.24, 2.45) is 17.8 Å². The normalized spacial score (nSPS) is 21.1. The zero-order chi connectivity index (χ0) is 29.6. The van der Waals surface area contributed by atoms with Gasteiger partial charge >= 0.3 is 0 Å². The fourth-order valence-corrected chi connectivity index (χ4v) is 7.10. The first-order valence-corrected chi connectivity index (χ1v) is 15.8. The Morgan fingerprint density at radius 2 is 1.29 bits per heavy atom. The van der Waals surface area contributed by atoms with Crippen molar-refractivity contribution in [2.45, 2.75) is 84.5 Å². The van der Waals surface area contributed by atoms with Crippen LogP contribution in [0, 0.1) is 41.0 Å². The molecule has 0 radical (unpaired) electrons. The van der Waals surface area contributed by atoms with Crippen LogP contribution < -0.4 is 0 Å². The minimum absolute atomic E-state index is 0.154. The number of halogens is 4. The molecule has 4 heteroatoms. The van der Waals surface area contributed by atoms with Crippen molar-refractivity contribution >= 4 is 5.57 Å². The molecule has 42 heavy (non-hydrogen) atoms. The maximum absolute atomic E-state index is 15.4. The average molecular weight is 575 g/mol. The van der Waals surface area contributed by atoms with E-state index in [2.05, 4.69) is 25.2 Å². The summed E-state index contributed by atoms with van der Waals surface area (Å²) >= 11 is 0. The smallest absolute Gasteiger partial charge is 0.167 e. The van der Waals surface area contributed by atoms with Crippen LogP contribution in [0.15, 0.2) is 66.8 Å². The fourth-order valence-electron chi connectivity index (χ4n) is 7.10. The van der Waals surface area contributed by atoms with E-state index < -0.39 is 23.3 Å². The second-order valence-corrected chi connectivity index (χ2v) is 12.2. The summed E-state index contributed by atoms with van der Waals surface area (Å²) in [5, 5.41) is 0. The number of rotatable bonds is 9. The van der Waals surface area contributed by atoms with Gasteiger partial charge in [0.25, 0.3) is 0 Å². The third-order valence-corrected chi connectivity index (χ3v) is 9.60. The van der Waals surface area contributed by atoms with Gasteiger partial charge in [0, 0.05) is 16.7 Å². The van der Waals surface area contributed by atoms with Gasteiger partial charge < -0.3 is 0 Å². The molecule has 0 spiro atoms. The quantitative estimate of drug-likeness (QED) is 0.176. The molecule has 1 fully saturated rings. The summed E-state index contributed by atoms with van der Waals surface area (Å²) in [6.07, 6.45) is 18.2. The topological polar surface area (TPSA) is 0 Å². The van der Waals surface area contributed by atoms with E-state index in [4.69, 9.17) is 0 Å². The molecule has 0 saturated heterocycles. The summed E-state index contributed by atoms with van der Waals surface area (Å²) < 4.78 is 60.0. The van der Waals surface area contributed by atoms with E-state index in [-0.39, 0.29) is 11.1 Å². The van der Waals surface area contributed by atoms with Gasteiger partial charge in [-0.05, 0) is 98.3 Å². The van der Waals surface area contributed by atoms with Gasteiger partial charge in [-0.2, -0.15) is 0 Å². The van der Waals surface area contributed by atoms with E-state index in [1.807, 2.05) is 6.92 Å². The SMILES string of the molecule is C/C=C/CCC1CCC(C2CC=C(c3ccc(-c4ccc(-c5ccc(CCC)c(F)c5F)cc4)c(F)c3F)CC2)CC1. The van der Waals surface area contributed by atoms with Crippen molar-refractivity contribution < 1.29 is 17.6 Å². The van der Waals surface area contributed by atoms with Gasteiger partial charge in [0.05, 0.1) is 0 Å². The maximum atomic E-state index is 15.4. The van der Waals surface area contributed by atoms with Crippen LogP contribution in [0.5, 0.6) is 0 Å². The zero-order valence-electron chi connectivity index (χ0n) is 24.9. The second kappa shape index (κ2) is 13.9. The average Bonchev–Trinajstić information content (AvgIpc) is 3.02. The van der Waals surface area contributed by atoms with Crippen molar-refractivity contribution in [3.63, 3.8) is 0 Å². The molecule has 2 aliphatic carbocycles. The summed E-state index contributed by atoms with van der Waals surface area (Å²) in [6, 6.07) is 13.0. The first kappa shape index (κ1) is 30.3. The third-order valence-electron chi connectivity index (χ3n) is 9.60. The van der Waals surface area contributed by atoms with E-state index >= 15 is 8.78 Å². The van der Waals surface area contributed by atoms with Gasteiger partial charge in [-0.15, -0.1) is 0 Å². The predicted octanol–water partition coefficient (Wildman–Crippen LogP) is 11.9. The molecular formula is C38H42F4. The summed E-state index contributed by atoms with van der Waals surface area (Å²) in [5.41, 5.74) is 2.89. The van der Waals surface area contributed by atoms with Crippen LogP contribution in [0.1, 0.15) is 89.2 Å². The lowest BCUT2D eigenvalue weighted by molar-refractivity contribution is 0.190. The molecule has 222 valence electrons. The zero-order valence-corrected chi connectivity index (χ0v) is 24.9. The molecule has 1 saturated carbocycles. The van der Waals surface area contributed by atoms with Gasteiger partial charge in [-0.25, -0.2) is 17.6 Å². The predicted molar refractivity (Wildman–Crippen MR) is 166 cm³/mol. The van der Waals surface area contributed by atoms with Crippen LogP contribution in [0.3, 0.4) is 0 Å². The van der Waals surface area contributed by atoms with Crippen molar-refractivity contribution in [1.82, 2.24) is 0 Å². The Balaban J connectivity index is 1.25. The molecule has 0 aromatic heterocycles. The highest BCUT2D eigenvalue weighted by atomic mass is 19.2. The molecule has 0 nitrogen and oxygen atoms in total. The largest absolute Gasteiger partial charge is 0.203 e. The van der Waals surface area contributed by atoms with Gasteiger partial charge in [0.1, 0.15) is 0 Å². The Bertz CT molecular complexity index is 1420. The Kier molecular flexibility index (Phi) is 10.0. The standard InChI is InChI=1S/C38H42F4/c1-3-5-6-8-25-9-11-26(12-10-25)27-13-15-28(16-14-27)33-23-24-34(38(42)37(33)41)30-19-17-29(18-20-30)32-22-21-31(7-4-2)35(39)36(32)40/h3,5,15,17-27H,4,6-14,16H2,1-2H3/b5-3+. The summed E-state index contributed by atoms with van der Waals surface area (Å²) in [5.74, 6) is -1.17. The lowest BCUT2D eigenvalue weighted by atomic mass is 9.70. The van der Waals surface area contributed by atoms with Crippen molar-refractivity contribution in [2.75, 3.05) is 0 Å². The van der Waals surface area contributed by atoms with E-state index in [9.17, 15) is 8.78 Å². The maximum Gasteiger partial charge on any atom is 0.167 e. The highest BCUT2D eigenvalue weighted by molar-refractivity contribution is 5.74. The van der Waals surface area contributed by atoms with Crippen LogP contribution >= 0.6 is 0 Å². The lowest BCUT2D eigenvalue weighted by Gasteiger charge is -2.35. The Hall–Kier alpha value is -3.14. The Labute approximate surface area is 248 Å². The Morgan fingerprint density at radius 3 is 1.88 bits per heavy atom. The van der Waals surface area contributed by atoms with E-state index in [0.29, 0.717) is 34.6 Å². The molecule has 3 aromatic carbocycles. The number of benzene rings is 3. The van der Waals surface area contributed by atoms with Crippen LogP contribution in [0.25, 0.3) is 27.8 Å². The van der Waals surface area contributed by atoms with Crippen LogP contribution in [0.4, 0.5) is 17.6 Å². The minimum atomic E-state index is -0.883. The molecule has 0 N–H and O–H groups in total. The molecule has 0 amide bonds. The third kappa shape index (κ3) is 6.58. The monoisotopic (exact) mass is 574 g/mol. The van der Waals surface area contributed by atoms with Gasteiger partial charge in [0.15, 0.2) is 23.3 Å². The minimum Gasteiger partial charge on any atom is -0.203 e. The van der Waals surface area contributed by atoms with Crippen molar-refractivity contribution in [3.05, 3.63) is 101 Å². The number of aryl methyl sites for hydroxylation is 1. The van der Waals surface area contributed by atoms with Gasteiger partial charge in [-0.3, -0.25) is 0 Å². The van der Waals surface area contributed by atoms with Gasteiger partial charge in [0.2, 0.25) is 0 Å². The summed E-state index contributed by atoms with van der Waals surface area (Å²) in [6.45, 7) is 4.00. The number of hydrogen-bond donors (Lipinski definition) is 0. The molecule has 0 heterocycles. The first-order valence-electron chi connectivity index (χ1n) is 15.8. The molecule has 1 unspecified atom stereocenters. The van der Waals surface area contributed by atoms with Crippen LogP contribution in [-0.2, 0) is 6.42 Å². The first-order chi connectivity index (χ1) is 20.4. The lowest BCUT2D eigenvalue weighted by Crippen LogP contribution is -2.23. The second-order valence-electron chi connectivity index (χ2n) is 12.2. The summed E-state index contributed by atoms with van der Waals surface area (Å²) in [7, 11) is 0. The molecule has 5 rings (SSSR count). The molecule has 3 aromatic rings. The molecule has 1 atom stereocenters. The number of hydrogen-bond acceptors (Lipinski definition) is 0. The van der Waals surface area contributed by atoms with Crippen molar-refractivity contribution in [3.8, 4) is 22.3 Å². The van der Waals surface area contributed by atoms with Crippen LogP contribution in [-0.4, -0.2) is 0 Å². The number of allylic oxidation sites excluding steroid dienone is 4. The molecule has 2 aliphatic rings. The van der Waals surface area contributed by atoms with E-state index in [0.717, 1.165) is 43.1 Å². The highest BCUT2D eigenvalue weighted by Gasteiger charge is 2.29. The van der Waals surface area contributed by atoms with E-state index in [1.54, 1.807) is 48.5 Å². The summed E-state index contributed by atoms with van der Waals surface area (Å²) in [4.78, 5) is 0. The fraction of sp³-hybridized carbons (Fsp3) is 0.421.